The van der Waals surface area contributed by atoms with Crippen LogP contribution < -0.4 is 0 Å². The Hall–Kier alpha value is 1.05. The predicted octanol–water partition coefficient (Wildman–Crippen LogP) is -3.67. The Morgan fingerprint density at radius 2 is 1.29 bits per heavy atom. The van der Waals surface area contributed by atoms with Crippen LogP contribution in [0.1, 0.15) is 0 Å². The number of aliphatic hydroxyl groups is 6. The Morgan fingerprint density at radius 1 is 0.857 bits per heavy atom. The summed E-state index contributed by atoms with van der Waals surface area (Å²) in [5.41, 5.74) is -1.75. The van der Waals surface area contributed by atoms with E-state index < -0.39 is 36.6 Å². The molecule has 0 aromatic carbocycles. The van der Waals surface area contributed by atoms with Gasteiger partial charge in [0.15, 0.2) is 5.56 Å². The quantitative estimate of drug-likeness (QED) is 0.218. The van der Waals surface area contributed by atoms with Crippen molar-refractivity contribution in [2.75, 3.05) is 6.61 Å². The molecule has 6 N–H and O–H groups in total. The molecule has 0 aromatic rings. The Balaban J connectivity index is 0. The number of aliphatic hydroxyl groups excluding tert-OH is 6. The Morgan fingerprint density at radius 3 is 1.57 bits per heavy atom. The summed E-state index contributed by atoms with van der Waals surface area (Å²) in [6.07, 6.45) is -6.99. The van der Waals surface area contributed by atoms with Crippen molar-refractivity contribution in [3.05, 3.63) is 0 Å². The minimum atomic E-state index is -1.82. The minimum absolute atomic E-state index is 0. The number of alkyl halides is 1. The van der Waals surface area contributed by atoms with Crippen LogP contribution in [0.15, 0.2) is 0 Å². The van der Waals surface area contributed by atoms with Gasteiger partial charge in [0.1, 0.15) is 24.4 Å². The molecule has 0 bridgehead atoms. The number of rotatable bonds is 5. The molecule has 0 spiro atoms. The molecule has 5 atom stereocenters. The number of hydrogen-bond donors (Lipinski definition) is 6. The fraction of sp³-hybridized carbons (Fsp3) is 1.00. The third-order valence-corrected chi connectivity index (χ3v) is 1.82. The second-order valence-corrected chi connectivity index (χ2v) is 3.04. The summed E-state index contributed by atoms with van der Waals surface area (Å²) in [5, 5.41) is 52.8. The van der Waals surface area contributed by atoms with E-state index in [1.54, 1.807) is 0 Å². The average molecular weight is 241 g/mol. The predicted molar refractivity (Wildman–Crippen MR) is 50.1 cm³/mol. The summed E-state index contributed by atoms with van der Waals surface area (Å²) < 4.78 is 0. The molecular weight excluding hydrogens is 227 g/mol. The standard InChI is InChI=1S/C6H13ClO6.Na.H/c7-6(13)5(12)4(11)3(10)2(9)1-8;;/h2-6,8-13H,1H2;;/t2-,3-,4+,5+,6?;;/m1../s1. The van der Waals surface area contributed by atoms with Crippen LogP contribution in [0, 0.1) is 0 Å². The zero-order chi connectivity index (χ0) is 10.6. The molecule has 0 saturated heterocycles. The van der Waals surface area contributed by atoms with Gasteiger partial charge in [0.25, 0.3) is 0 Å². The van der Waals surface area contributed by atoms with Gasteiger partial charge in [0, 0.05) is 0 Å². The summed E-state index contributed by atoms with van der Waals surface area (Å²) in [4.78, 5) is 0. The zero-order valence-electron chi connectivity index (χ0n) is 6.66. The van der Waals surface area contributed by atoms with Gasteiger partial charge in [-0.3, -0.25) is 0 Å². The van der Waals surface area contributed by atoms with Crippen molar-refractivity contribution in [3.8, 4) is 0 Å². The molecule has 0 aliphatic carbocycles. The molecule has 0 heterocycles. The van der Waals surface area contributed by atoms with Crippen LogP contribution in [-0.2, 0) is 0 Å². The molecule has 0 radical (unpaired) electrons. The Kier molecular flexibility index (Phi) is 10.3. The fourth-order valence-corrected chi connectivity index (χ4v) is 0.849. The molecule has 8 heteroatoms. The molecule has 82 valence electrons. The van der Waals surface area contributed by atoms with Gasteiger partial charge in [-0.2, -0.15) is 0 Å². The molecule has 0 aromatic heterocycles. The molecule has 0 aliphatic heterocycles. The van der Waals surface area contributed by atoms with Crippen LogP contribution in [0.3, 0.4) is 0 Å². The molecule has 0 amide bonds. The molecule has 0 fully saturated rings. The van der Waals surface area contributed by atoms with Gasteiger partial charge in [-0.05, 0) is 0 Å². The SMILES string of the molecule is OC[C@@H](O)[C@@H](O)[C@H](O)[C@H](O)C(O)Cl.[NaH]. The molecule has 6 nitrogen and oxygen atoms in total. The van der Waals surface area contributed by atoms with E-state index in [0.717, 1.165) is 0 Å². The zero-order valence-corrected chi connectivity index (χ0v) is 7.41. The van der Waals surface area contributed by atoms with E-state index in [-0.39, 0.29) is 29.6 Å². The van der Waals surface area contributed by atoms with Crippen molar-refractivity contribution in [3.63, 3.8) is 0 Å². The average Bonchev–Trinajstić information content (AvgIpc) is 2.12. The first-order valence-electron chi connectivity index (χ1n) is 3.57. The molecule has 14 heavy (non-hydrogen) atoms. The van der Waals surface area contributed by atoms with Crippen LogP contribution in [0.5, 0.6) is 0 Å². The van der Waals surface area contributed by atoms with Gasteiger partial charge in [-0.15, -0.1) is 0 Å². The third-order valence-electron chi connectivity index (χ3n) is 1.56. The summed E-state index contributed by atoms with van der Waals surface area (Å²) in [6, 6.07) is 0. The second-order valence-electron chi connectivity index (χ2n) is 2.59. The molecule has 0 rings (SSSR count). The summed E-state index contributed by atoms with van der Waals surface area (Å²) >= 11 is 5.01. The van der Waals surface area contributed by atoms with Crippen LogP contribution in [-0.4, -0.2) is 96.8 Å². The van der Waals surface area contributed by atoms with E-state index >= 15 is 0 Å². The second kappa shape index (κ2) is 8.23. The summed E-state index contributed by atoms with van der Waals surface area (Å²) in [7, 11) is 0. The van der Waals surface area contributed by atoms with Gasteiger partial charge in [-0.25, -0.2) is 0 Å². The molecular formula is C6H14ClNaO6. The van der Waals surface area contributed by atoms with Crippen molar-refractivity contribution in [1.82, 2.24) is 0 Å². The van der Waals surface area contributed by atoms with Crippen LogP contribution >= 0.6 is 11.6 Å². The number of halogens is 1. The number of hydrogen-bond acceptors (Lipinski definition) is 6. The Bertz CT molecular complexity index is 148. The van der Waals surface area contributed by atoms with Gasteiger partial charge in [-0.1, -0.05) is 11.6 Å². The normalized spacial score (nSPS) is 21.6. The first-order valence-corrected chi connectivity index (χ1v) is 4.00. The van der Waals surface area contributed by atoms with E-state index in [1.807, 2.05) is 0 Å². The van der Waals surface area contributed by atoms with Crippen molar-refractivity contribution < 1.29 is 30.6 Å². The van der Waals surface area contributed by atoms with Crippen LogP contribution in [0.2, 0.25) is 0 Å². The van der Waals surface area contributed by atoms with Crippen LogP contribution in [0.4, 0.5) is 0 Å². The van der Waals surface area contributed by atoms with Crippen LogP contribution in [0.25, 0.3) is 0 Å². The topological polar surface area (TPSA) is 121 Å². The Labute approximate surface area is 108 Å². The van der Waals surface area contributed by atoms with Gasteiger partial charge >= 0.3 is 29.6 Å². The third kappa shape index (κ3) is 5.22. The molecule has 0 saturated carbocycles. The van der Waals surface area contributed by atoms with Crippen molar-refractivity contribution in [2.24, 2.45) is 0 Å². The van der Waals surface area contributed by atoms with Gasteiger partial charge < -0.3 is 30.6 Å². The monoisotopic (exact) mass is 240 g/mol. The van der Waals surface area contributed by atoms with Crippen molar-refractivity contribution in [2.45, 2.75) is 30.0 Å². The molecule has 0 aliphatic rings. The van der Waals surface area contributed by atoms with E-state index in [4.69, 9.17) is 42.2 Å². The van der Waals surface area contributed by atoms with Gasteiger partial charge in [0.2, 0.25) is 0 Å². The summed E-state index contributed by atoms with van der Waals surface area (Å²) in [6.45, 7) is -0.774. The summed E-state index contributed by atoms with van der Waals surface area (Å²) in [5.74, 6) is 0. The maximum absolute atomic E-state index is 9.04. The van der Waals surface area contributed by atoms with E-state index in [9.17, 15) is 0 Å². The van der Waals surface area contributed by atoms with Gasteiger partial charge in [0.05, 0.1) is 6.61 Å². The first-order chi connectivity index (χ1) is 5.91. The van der Waals surface area contributed by atoms with E-state index in [0.29, 0.717) is 0 Å². The van der Waals surface area contributed by atoms with E-state index in [2.05, 4.69) is 0 Å². The van der Waals surface area contributed by atoms with Crippen molar-refractivity contribution >= 4 is 41.2 Å². The fourth-order valence-electron chi connectivity index (χ4n) is 0.700. The maximum atomic E-state index is 9.04. The van der Waals surface area contributed by atoms with Crippen molar-refractivity contribution in [1.29, 1.82) is 0 Å². The van der Waals surface area contributed by atoms with E-state index in [1.165, 1.54) is 0 Å². The first kappa shape index (κ1) is 17.4. The molecule has 1 unspecified atom stereocenters.